The summed E-state index contributed by atoms with van der Waals surface area (Å²) in [6, 6.07) is 6.36. The Morgan fingerprint density at radius 3 is 2.39 bits per heavy atom. The molecule has 8 heteroatoms. The fourth-order valence-electron chi connectivity index (χ4n) is 2.65. The summed E-state index contributed by atoms with van der Waals surface area (Å²) in [7, 11) is 0. The first-order valence-corrected chi connectivity index (χ1v) is 7.40. The zero-order valence-corrected chi connectivity index (χ0v) is 12.3. The summed E-state index contributed by atoms with van der Waals surface area (Å²) in [5, 5.41) is 6.66. The molecule has 1 saturated carbocycles. The predicted octanol–water partition coefficient (Wildman–Crippen LogP) is 2.92. The van der Waals surface area contributed by atoms with Crippen LogP contribution in [0.5, 0.6) is 5.88 Å². The smallest absolute Gasteiger partial charge is 0.388 e. The van der Waals surface area contributed by atoms with Gasteiger partial charge in [-0.25, -0.2) is 15.0 Å². The maximum atomic E-state index is 12.1. The molecule has 2 aromatic rings. The summed E-state index contributed by atoms with van der Waals surface area (Å²) in [4.78, 5) is 12.1. The highest BCUT2D eigenvalue weighted by atomic mass is 19.3. The molecule has 23 heavy (non-hydrogen) atoms. The quantitative estimate of drug-likeness (QED) is 0.852. The lowest BCUT2D eigenvalue weighted by Crippen LogP contribution is -2.21. The monoisotopic (exact) mass is 321 g/mol. The van der Waals surface area contributed by atoms with Crippen LogP contribution in [0.2, 0.25) is 0 Å². The highest BCUT2D eigenvalue weighted by molar-refractivity contribution is 5.37. The number of aromatic nitrogens is 3. The van der Waals surface area contributed by atoms with E-state index in [9.17, 15) is 8.78 Å². The number of nitrogens with one attached hydrogen (secondary N) is 2. The van der Waals surface area contributed by atoms with E-state index in [-0.39, 0.29) is 11.9 Å². The Balaban J connectivity index is 1.49. The Morgan fingerprint density at radius 2 is 1.78 bits per heavy atom. The van der Waals surface area contributed by atoms with Crippen LogP contribution < -0.4 is 15.4 Å². The molecule has 0 saturated heterocycles. The van der Waals surface area contributed by atoms with E-state index >= 15 is 0 Å². The third-order valence-electron chi connectivity index (χ3n) is 3.64. The number of rotatable bonds is 6. The van der Waals surface area contributed by atoms with Gasteiger partial charge in [-0.15, -0.1) is 0 Å². The molecule has 2 aromatic heterocycles. The normalized spacial score (nSPS) is 20.5. The Kier molecular flexibility index (Phi) is 4.80. The SMILES string of the molecule is FC(F)Oc1cnc(N[C@H]2CC[C@H](Nc3ccccn3)C2)cn1. The molecule has 1 fully saturated rings. The fraction of sp³-hybridized carbons (Fsp3) is 0.400. The van der Waals surface area contributed by atoms with Gasteiger partial charge in [-0.05, 0) is 31.4 Å². The van der Waals surface area contributed by atoms with Crippen molar-refractivity contribution in [3.8, 4) is 5.88 Å². The second kappa shape index (κ2) is 7.17. The maximum Gasteiger partial charge on any atom is 0.388 e. The van der Waals surface area contributed by atoms with Crippen LogP contribution >= 0.6 is 0 Å². The molecule has 0 radical (unpaired) electrons. The second-order valence-corrected chi connectivity index (χ2v) is 5.33. The minimum Gasteiger partial charge on any atom is -0.415 e. The summed E-state index contributed by atoms with van der Waals surface area (Å²) in [5.74, 6) is 1.23. The van der Waals surface area contributed by atoms with Gasteiger partial charge >= 0.3 is 6.61 Å². The van der Waals surface area contributed by atoms with Gasteiger partial charge in [-0.1, -0.05) is 6.07 Å². The summed E-state index contributed by atoms with van der Waals surface area (Å²) in [5.41, 5.74) is 0. The third kappa shape index (κ3) is 4.48. The number of ether oxygens (including phenoxy) is 1. The van der Waals surface area contributed by atoms with Gasteiger partial charge in [0.25, 0.3) is 0 Å². The molecule has 6 nitrogen and oxygen atoms in total. The molecule has 0 aromatic carbocycles. The number of pyridine rings is 1. The molecule has 2 heterocycles. The van der Waals surface area contributed by atoms with E-state index < -0.39 is 6.61 Å². The topological polar surface area (TPSA) is 72.0 Å². The Bertz CT molecular complexity index is 611. The van der Waals surface area contributed by atoms with Crippen LogP contribution in [0.3, 0.4) is 0 Å². The zero-order valence-electron chi connectivity index (χ0n) is 12.3. The van der Waals surface area contributed by atoms with E-state index in [1.165, 1.54) is 12.4 Å². The number of alkyl halides is 2. The Labute approximate surface area is 132 Å². The zero-order chi connectivity index (χ0) is 16.1. The second-order valence-electron chi connectivity index (χ2n) is 5.33. The van der Waals surface area contributed by atoms with Crippen molar-refractivity contribution in [1.82, 2.24) is 15.0 Å². The van der Waals surface area contributed by atoms with Crippen molar-refractivity contribution < 1.29 is 13.5 Å². The lowest BCUT2D eigenvalue weighted by Gasteiger charge is -2.15. The number of anilines is 2. The van der Waals surface area contributed by atoms with Gasteiger partial charge in [0.05, 0.1) is 12.4 Å². The Hall–Kier alpha value is -2.51. The highest BCUT2D eigenvalue weighted by Crippen LogP contribution is 2.25. The van der Waals surface area contributed by atoms with Gasteiger partial charge in [0.15, 0.2) is 0 Å². The molecule has 1 aliphatic rings. The van der Waals surface area contributed by atoms with Crippen molar-refractivity contribution in [2.45, 2.75) is 38.0 Å². The van der Waals surface area contributed by atoms with E-state index in [1.807, 2.05) is 18.2 Å². The number of halogens is 2. The van der Waals surface area contributed by atoms with Gasteiger partial charge < -0.3 is 15.4 Å². The van der Waals surface area contributed by atoms with E-state index in [4.69, 9.17) is 0 Å². The van der Waals surface area contributed by atoms with Crippen LogP contribution in [0, 0.1) is 0 Å². The largest absolute Gasteiger partial charge is 0.415 e. The summed E-state index contributed by atoms with van der Waals surface area (Å²) in [6.45, 7) is -2.89. The van der Waals surface area contributed by atoms with Crippen molar-refractivity contribution >= 4 is 11.6 Å². The van der Waals surface area contributed by atoms with Gasteiger partial charge in [-0.2, -0.15) is 8.78 Å². The van der Waals surface area contributed by atoms with Crippen LogP contribution in [0.1, 0.15) is 19.3 Å². The average Bonchev–Trinajstić information content (AvgIpc) is 2.97. The van der Waals surface area contributed by atoms with Crippen molar-refractivity contribution in [2.24, 2.45) is 0 Å². The van der Waals surface area contributed by atoms with E-state index in [1.54, 1.807) is 6.20 Å². The number of hydrogen-bond donors (Lipinski definition) is 2. The summed E-state index contributed by atoms with van der Waals surface area (Å²) >= 11 is 0. The molecule has 122 valence electrons. The number of hydrogen-bond acceptors (Lipinski definition) is 6. The van der Waals surface area contributed by atoms with E-state index in [2.05, 4.69) is 30.3 Å². The molecule has 3 rings (SSSR count). The van der Waals surface area contributed by atoms with Crippen LogP contribution in [0.4, 0.5) is 20.4 Å². The van der Waals surface area contributed by atoms with Crippen LogP contribution in [0.25, 0.3) is 0 Å². The van der Waals surface area contributed by atoms with E-state index in [0.29, 0.717) is 11.9 Å². The molecule has 1 aliphatic carbocycles. The van der Waals surface area contributed by atoms with Gasteiger partial charge in [0.1, 0.15) is 11.6 Å². The third-order valence-corrected chi connectivity index (χ3v) is 3.64. The molecule has 0 amide bonds. The van der Waals surface area contributed by atoms with Gasteiger partial charge in [0, 0.05) is 18.3 Å². The first-order chi connectivity index (χ1) is 11.2. The standard InChI is InChI=1S/C15H17F2N5O/c16-15(17)23-14-9-19-13(8-20-14)22-11-5-4-10(7-11)21-12-3-1-2-6-18-12/h1-3,6,8-11,15H,4-5,7H2,(H,18,21)(H,19,22)/t10-,11-/m0/s1. The van der Waals surface area contributed by atoms with Crippen LogP contribution in [-0.4, -0.2) is 33.6 Å². The maximum absolute atomic E-state index is 12.1. The predicted molar refractivity (Wildman–Crippen MR) is 81.6 cm³/mol. The minimum absolute atomic E-state index is 0.188. The average molecular weight is 321 g/mol. The molecule has 0 aliphatic heterocycles. The van der Waals surface area contributed by atoms with Crippen molar-refractivity contribution in [3.05, 3.63) is 36.8 Å². The number of nitrogens with zero attached hydrogens (tertiary/aromatic N) is 3. The minimum atomic E-state index is -2.89. The van der Waals surface area contributed by atoms with Crippen LogP contribution in [0.15, 0.2) is 36.8 Å². The lowest BCUT2D eigenvalue weighted by molar-refractivity contribution is -0.0530. The van der Waals surface area contributed by atoms with Crippen molar-refractivity contribution in [1.29, 1.82) is 0 Å². The molecule has 0 bridgehead atoms. The molecule has 2 N–H and O–H groups in total. The molecular weight excluding hydrogens is 304 g/mol. The molecule has 0 unspecified atom stereocenters. The van der Waals surface area contributed by atoms with E-state index in [0.717, 1.165) is 25.1 Å². The fourth-order valence-corrected chi connectivity index (χ4v) is 2.65. The van der Waals surface area contributed by atoms with Crippen molar-refractivity contribution in [3.63, 3.8) is 0 Å². The highest BCUT2D eigenvalue weighted by Gasteiger charge is 2.25. The lowest BCUT2D eigenvalue weighted by atomic mass is 10.2. The summed E-state index contributed by atoms with van der Waals surface area (Å²) in [6.07, 6.45) is 7.28. The first kappa shape index (κ1) is 15.4. The van der Waals surface area contributed by atoms with Gasteiger partial charge in [-0.3, -0.25) is 0 Å². The molecule has 0 spiro atoms. The van der Waals surface area contributed by atoms with Crippen LogP contribution in [-0.2, 0) is 0 Å². The summed E-state index contributed by atoms with van der Waals surface area (Å²) < 4.78 is 28.3. The first-order valence-electron chi connectivity index (χ1n) is 7.40. The van der Waals surface area contributed by atoms with Gasteiger partial charge in [0.2, 0.25) is 5.88 Å². The van der Waals surface area contributed by atoms with Crippen molar-refractivity contribution in [2.75, 3.05) is 10.6 Å². The molecule has 2 atom stereocenters. The molecular formula is C15H17F2N5O. The Morgan fingerprint density at radius 1 is 1.00 bits per heavy atom.